The Hall–Kier alpha value is -1.74. The molecule has 0 unspecified atom stereocenters. The number of nitrogens with one attached hydrogen (secondary N) is 1. The summed E-state index contributed by atoms with van der Waals surface area (Å²) in [6, 6.07) is 9.88. The van der Waals surface area contributed by atoms with E-state index in [2.05, 4.69) is 5.32 Å². The first-order valence-electron chi connectivity index (χ1n) is 5.81. The summed E-state index contributed by atoms with van der Waals surface area (Å²) < 4.78 is 27.0. The van der Waals surface area contributed by atoms with Crippen molar-refractivity contribution in [3.8, 4) is 11.1 Å². The summed E-state index contributed by atoms with van der Waals surface area (Å²) in [6.45, 7) is 2.17. The van der Waals surface area contributed by atoms with Crippen molar-refractivity contribution in [2.75, 3.05) is 7.05 Å². The first-order chi connectivity index (χ1) is 8.61. The van der Waals surface area contributed by atoms with Crippen molar-refractivity contribution in [2.45, 2.75) is 13.5 Å². The standard InChI is InChI=1S/C15H15F2N/c1-10-3-4-12(8-15(10)17)11-5-6-14(16)13(7-11)9-18-2/h3-8,18H,9H2,1-2H3. The van der Waals surface area contributed by atoms with Crippen LogP contribution in [0.15, 0.2) is 36.4 Å². The highest BCUT2D eigenvalue weighted by molar-refractivity contribution is 5.64. The summed E-state index contributed by atoms with van der Waals surface area (Å²) in [4.78, 5) is 0. The second-order valence-electron chi connectivity index (χ2n) is 4.30. The van der Waals surface area contributed by atoms with Gasteiger partial charge in [-0.2, -0.15) is 0 Å². The Kier molecular flexibility index (Phi) is 3.72. The summed E-state index contributed by atoms with van der Waals surface area (Å²) in [5.74, 6) is -0.493. The number of halogens is 2. The van der Waals surface area contributed by atoms with Gasteiger partial charge in [-0.3, -0.25) is 0 Å². The van der Waals surface area contributed by atoms with Crippen LogP contribution in [0, 0.1) is 18.6 Å². The molecule has 0 bridgehead atoms. The van der Waals surface area contributed by atoms with Crippen molar-refractivity contribution in [3.63, 3.8) is 0 Å². The Morgan fingerprint density at radius 2 is 1.61 bits per heavy atom. The molecule has 0 saturated carbocycles. The molecule has 0 aliphatic rings. The maximum atomic E-state index is 13.5. The van der Waals surface area contributed by atoms with Crippen molar-refractivity contribution in [1.82, 2.24) is 5.32 Å². The molecule has 0 radical (unpaired) electrons. The van der Waals surface area contributed by atoms with E-state index in [0.29, 0.717) is 17.7 Å². The number of benzene rings is 2. The molecule has 0 aromatic heterocycles. The Balaban J connectivity index is 2.44. The molecular weight excluding hydrogens is 232 g/mol. The van der Waals surface area contributed by atoms with Gasteiger partial charge in [-0.25, -0.2) is 8.78 Å². The summed E-state index contributed by atoms with van der Waals surface area (Å²) in [5, 5.41) is 2.91. The molecule has 2 rings (SSSR count). The maximum Gasteiger partial charge on any atom is 0.127 e. The van der Waals surface area contributed by atoms with Crippen LogP contribution in [0.3, 0.4) is 0 Å². The van der Waals surface area contributed by atoms with Gasteiger partial charge in [0.05, 0.1) is 0 Å². The van der Waals surface area contributed by atoms with Gasteiger partial charge in [-0.05, 0) is 48.9 Å². The van der Waals surface area contributed by atoms with E-state index in [1.165, 1.54) is 12.1 Å². The number of rotatable bonds is 3. The van der Waals surface area contributed by atoms with Crippen molar-refractivity contribution in [1.29, 1.82) is 0 Å². The van der Waals surface area contributed by atoms with Crippen LogP contribution in [-0.4, -0.2) is 7.05 Å². The van der Waals surface area contributed by atoms with Gasteiger partial charge >= 0.3 is 0 Å². The first-order valence-corrected chi connectivity index (χ1v) is 5.81. The molecule has 0 aliphatic heterocycles. The minimum atomic E-state index is -0.249. The topological polar surface area (TPSA) is 12.0 Å². The van der Waals surface area contributed by atoms with E-state index in [0.717, 1.165) is 11.1 Å². The van der Waals surface area contributed by atoms with Gasteiger partial charge in [0.15, 0.2) is 0 Å². The predicted octanol–water partition coefficient (Wildman–Crippen LogP) is 3.66. The Morgan fingerprint density at radius 1 is 0.944 bits per heavy atom. The molecule has 0 atom stereocenters. The van der Waals surface area contributed by atoms with Crippen LogP contribution in [-0.2, 0) is 6.54 Å². The summed E-state index contributed by atoms with van der Waals surface area (Å²) >= 11 is 0. The van der Waals surface area contributed by atoms with E-state index < -0.39 is 0 Å². The Morgan fingerprint density at radius 3 is 2.28 bits per heavy atom. The van der Waals surface area contributed by atoms with Crippen LogP contribution < -0.4 is 5.32 Å². The van der Waals surface area contributed by atoms with E-state index in [1.54, 1.807) is 32.2 Å². The molecule has 0 aliphatic carbocycles. The van der Waals surface area contributed by atoms with Crippen LogP contribution >= 0.6 is 0 Å². The summed E-state index contributed by atoms with van der Waals surface area (Å²) in [5.41, 5.74) is 2.77. The fourth-order valence-corrected chi connectivity index (χ4v) is 1.85. The van der Waals surface area contributed by atoms with Gasteiger partial charge in [0.1, 0.15) is 11.6 Å². The third kappa shape index (κ3) is 2.57. The van der Waals surface area contributed by atoms with Crippen LogP contribution in [0.4, 0.5) is 8.78 Å². The lowest BCUT2D eigenvalue weighted by Gasteiger charge is -2.07. The minimum absolute atomic E-state index is 0.244. The van der Waals surface area contributed by atoms with E-state index >= 15 is 0 Å². The first kappa shape index (κ1) is 12.7. The molecule has 2 aromatic rings. The highest BCUT2D eigenvalue weighted by atomic mass is 19.1. The van der Waals surface area contributed by atoms with Crippen molar-refractivity contribution < 1.29 is 8.78 Å². The van der Waals surface area contributed by atoms with Crippen LogP contribution in [0.2, 0.25) is 0 Å². The highest BCUT2D eigenvalue weighted by Gasteiger charge is 2.06. The minimum Gasteiger partial charge on any atom is -0.316 e. The number of hydrogen-bond donors (Lipinski definition) is 1. The van der Waals surface area contributed by atoms with Crippen molar-refractivity contribution >= 4 is 0 Å². The SMILES string of the molecule is CNCc1cc(-c2ccc(C)c(F)c2)ccc1F. The molecular formula is C15H15F2N. The van der Waals surface area contributed by atoms with Gasteiger partial charge in [-0.15, -0.1) is 0 Å². The highest BCUT2D eigenvalue weighted by Crippen LogP contribution is 2.24. The largest absolute Gasteiger partial charge is 0.316 e. The molecule has 0 amide bonds. The molecule has 2 aromatic carbocycles. The lowest BCUT2D eigenvalue weighted by atomic mass is 10.0. The third-order valence-electron chi connectivity index (χ3n) is 2.92. The lowest BCUT2D eigenvalue weighted by Crippen LogP contribution is -2.07. The van der Waals surface area contributed by atoms with Crippen molar-refractivity contribution in [3.05, 3.63) is 59.2 Å². The molecule has 0 saturated heterocycles. The molecule has 0 heterocycles. The van der Waals surface area contributed by atoms with Crippen molar-refractivity contribution in [2.24, 2.45) is 0 Å². The van der Waals surface area contributed by atoms with Gasteiger partial charge in [-0.1, -0.05) is 18.2 Å². The average Bonchev–Trinajstić information content (AvgIpc) is 2.36. The third-order valence-corrected chi connectivity index (χ3v) is 2.92. The van der Waals surface area contributed by atoms with Crippen LogP contribution in [0.25, 0.3) is 11.1 Å². The van der Waals surface area contributed by atoms with Gasteiger partial charge in [0.2, 0.25) is 0 Å². The Labute approximate surface area is 105 Å². The van der Waals surface area contributed by atoms with Gasteiger partial charge in [0, 0.05) is 12.1 Å². The molecule has 1 nitrogen and oxygen atoms in total. The Bertz CT molecular complexity index is 564. The molecule has 3 heteroatoms. The predicted molar refractivity (Wildman–Crippen MR) is 69.3 cm³/mol. The monoisotopic (exact) mass is 247 g/mol. The summed E-state index contributed by atoms with van der Waals surface area (Å²) in [7, 11) is 1.76. The van der Waals surface area contributed by atoms with Gasteiger partial charge in [0.25, 0.3) is 0 Å². The fraction of sp³-hybridized carbons (Fsp3) is 0.200. The van der Waals surface area contributed by atoms with Gasteiger partial charge < -0.3 is 5.32 Å². The maximum absolute atomic E-state index is 13.5. The van der Waals surface area contributed by atoms with E-state index in [9.17, 15) is 8.78 Å². The summed E-state index contributed by atoms with van der Waals surface area (Å²) in [6.07, 6.45) is 0. The molecule has 0 spiro atoms. The lowest BCUT2D eigenvalue weighted by molar-refractivity contribution is 0.601. The second-order valence-corrected chi connectivity index (χ2v) is 4.30. The second kappa shape index (κ2) is 5.27. The number of hydrogen-bond acceptors (Lipinski definition) is 1. The smallest absolute Gasteiger partial charge is 0.127 e. The number of aryl methyl sites for hydroxylation is 1. The molecule has 0 fully saturated rings. The van der Waals surface area contributed by atoms with Crippen LogP contribution in [0.5, 0.6) is 0 Å². The van der Waals surface area contributed by atoms with E-state index in [1.807, 2.05) is 6.07 Å². The van der Waals surface area contributed by atoms with E-state index in [-0.39, 0.29) is 11.6 Å². The quantitative estimate of drug-likeness (QED) is 0.872. The molecule has 94 valence electrons. The zero-order chi connectivity index (χ0) is 13.1. The fourth-order valence-electron chi connectivity index (χ4n) is 1.85. The normalized spacial score (nSPS) is 10.7. The van der Waals surface area contributed by atoms with E-state index in [4.69, 9.17) is 0 Å². The molecule has 1 N–H and O–H groups in total. The molecule has 18 heavy (non-hydrogen) atoms. The zero-order valence-electron chi connectivity index (χ0n) is 10.4. The van der Waals surface area contributed by atoms with Crippen LogP contribution in [0.1, 0.15) is 11.1 Å². The average molecular weight is 247 g/mol. The zero-order valence-corrected chi connectivity index (χ0v) is 10.4.